The Bertz CT molecular complexity index is 398. The molecule has 1 aromatic carbocycles. The molecule has 1 N–H and O–H groups in total. The molecule has 88 valence electrons. The summed E-state index contributed by atoms with van der Waals surface area (Å²) >= 11 is 1.43. The van der Waals surface area contributed by atoms with Crippen molar-refractivity contribution in [3.05, 3.63) is 28.3 Å². The molecule has 1 unspecified atom stereocenters. The first-order valence-corrected chi connectivity index (χ1v) is 6.19. The van der Waals surface area contributed by atoms with Gasteiger partial charge in [-0.15, -0.1) is 11.8 Å². The number of hydrogen-bond acceptors (Lipinski definition) is 2. The van der Waals surface area contributed by atoms with E-state index in [4.69, 9.17) is 5.11 Å². The Morgan fingerprint density at radius 3 is 2.00 bits per heavy atom. The molecule has 0 heterocycles. The first kappa shape index (κ1) is 13.1. The van der Waals surface area contributed by atoms with Crippen molar-refractivity contribution >= 4 is 17.7 Å². The number of aryl methyl sites for hydroxylation is 2. The van der Waals surface area contributed by atoms with Crippen molar-refractivity contribution in [3.63, 3.8) is 0 Å². The fraction of sp³-hybridized carbons (Fsp3) is 0.462. The van der Waals surface area contributed by atoms with Gasteiger partial charge in [0.1, 0.15) is 5.25 Å². The second kappa shape index (κ2) is 4.91. The third kappa shape index (κ3) is 2.59. The first-order chi connectivity index (χ1) is 7.34. The first-order valence-electron chi connectivity index (χ1n) is 5.31. The van der Waals surface area contributed by atoms with Gasteiger partial charge in [0.05, 0.1) is 0 Å². The number of rotatable bonds is 3. The van der Waals surface area contributed by atoms with Crippen LogP contribution in [0.3, 0.4) is 0 Å². The molecule has 0 aliphatic rings. The highest BCUT2D eigenvalue weighted by Crippen LogP contribution is 2.33. The molecule has 0 aliphatic heterocycles. The van der Waals surface area contributed by atoms with Gasteiger partial charge in [-0.1, -0.05) is 6.07 Å². The fourth-order valence-corrected chi connectivity index (χ4v) is 2.71. The van der Waals surface area contributed by atoms with E-state index in [1.165, 1.54) is 34.0 Å². The minimum atomic E-state index is -0.761. The predicted molar refractivity (Wildman–Crippen MR) is 68.3 cm³/mol. The second-order valence-corrected chi connectivity index (χ2v) is 5.54. The molecular formula is C13H18O2S. The van der Waals surface area contributed by atoms with Gasteiger partial charge in [0.2, 0.25) is 0 Å². The van der Waals surface area contributed by atoms with Gasteiger partial charge in [-0.25, -0.2) is 0 Å². The summed E-state index contributed by atoms with van der Waals surface area (Å²) in [6, 6.07) is 2.15. The summed E-state index contributed by atoms with van der Waals surface area (Å²) < 4.78 is 0. The molecule has 0 aliphatic carbocycles. The van der Waals surface area contributed by atoms with E-state index in [-0.39, 0.29) is 0 Å². The summed E-state index contributed by atoms with van der Waals surface area (Å²) in [4.78, 5) is 12.0. The van der Waals surface area contributed by atoms with Crippen LogP contribution in [-0.2, 0) is 4.79 Å². The number of benzene rings is 1. The maximum absolute atomic E-state index is 10.9. The van der Waals surface area contributed by atoms with Crippen molar-refractivity contribution in [3.8, 4) is 0 Å². The SMILES string of the molecule is Cc1cc(C)c(C)c(SC(C)C(=O)O)c1C. The van der Waals surface area contributed by atoms with Crippen molar-refractivity contribution in [1.29, 1.82) is 0 Å². The van der Waals surface area contributed by atoms with Crippen LogP contribution in [0, 0.1) is 27.7 Å². The maximum atomic E-state index is 10.9. The van der Waals surface area contributed by atoms with Gasteiger partial charge < -0.3 is 5.11 Å². The van der Waals surface area contributed by atoms with Crippen LogP contribution in [0.2, 0.25) is 0 Å². The average molecular weight is 238 g/mol. The van der Waals surface area contributed by atoms with E-state index in [0.717, 1.165) is 4.90 Å². The third-order valence-electron chi connectivity index (χ3n) is 2.94. The topological polar surface area (TPSA) is 37.3 Å². The van der Waals surface area contributed by atoms with E-state index < -0.39 is 11.2 Å². The summed E-state index contributed by atoms with van der Waals surface area (Å²) in [6.45, 7) is 9.97. The summed E-state index contributed by atoms with van der Waals surface area (Å²) in [6.07, 6.45) is 0. The molecule has 3 heteroatoms. The van der Waals surface area contributed by atoms with Crippen LogP contribution in [0.15, 0.2) is 11.0 Å². The molecule has 0 spiro atoms. The molecule has 0 amide bonds. The van der Waals surface area contributed by atoms with Crippen LogP contribution in [0.1, 0.15) is 29.2 Å². The molecule has 2 nitrogen and oxygen atoms in total. The molecule has 1 rings (SSSR count). The second-order valence-electron chi connectivity index (χ2n) is 4.19. The standard InChI is InChI=1S/C13H18O2S/c1-7-6-8(2)10(4)12(9(7)3)16-11(5)13(14)15/h6,11H,1-5H3,(H,14,15). The molecule has 0 bridgehead atoms. The summed E-state index contributed by atoms with van der Waals surface area (Å²) in [5, 5.41) is 8.54. The lowest BCUT2D eigenvalue weighted by atomic mass is 10.0. The number of carbonyl (C=O) groups is 1. The van der Waals surface area contributed by atoms with Crippen LogP contribution < -0.4 is 0 Å². The fourth-order valence-electron chi connectivity index (χ4n) is 1.58. The largest absolute Gasteiger partial charge is 0.480 e. The zero-order chi connectivity index (χ0) is 12.5. The maximum Gasteiger partial charge on any atom is 0.316 e. The van der Waals surface area contributed by atoms with E-state index >= 15 is 0 Å². The van der Waals surface area contributed by atoms with Crippen LogP contribution in [-0.4, -0.2) is 16.3 Å². The van der Waals surface area contributed by atoms with Gasteiger partial charge in [0.25, 0.3) is 0 Å². The molecule has 0 radical (unpaired) electrons. The van der Waals surface area contributed by atoms with Crippen molar-refractivity contribution in [2.24, 2.45) is 0 Å². The van der Waals surface area contributed by atoms with Crippen molar-refractivity contribution in [2.45, 2.75) is 44.8 Å². The highest BCUT2D eigenvalue weighted by atomic mass is 32.2. The van der Waals surface area contributed by atoms with E-state index in [0.29, 0.717) is 0 Å². The van der Waals surface area contributed by atoms with E-state index in [1.54, 1.807) is 6.92 Å². The third-order valence-corrected chi connectivity index (χ3v) is 4.34. The molecule has 0 saturated heterocycles. The lowest BCUT2D eigenvalue weighted by molar-refractivity contribution is -0.136. The molecular weight excluding hydrogens is 220 g/mol. The van der Waals surface area contributed by atoms with Gasteiger partial charge in [0.15, 0.2) is 0 Å². The number of thioether (sulfide) groups is 1. The summed E-state index contributed by atoms with van der Waals surface area (Å²) in [5.41, 5.74) is 4.84. The van der Waals surface area contributed by atoms with Gasteiger partial charge >= 0.3 is 5.97 Å². The minimum Gasteiger partial charge on any atom is -0.480 e. The van der Waals surface area contributed by atoms with E-state index in [9.17, 15) is 4.79 Å². The molecule has 0 saturated carbocycles. The Morgan fingerprint density at radius 1 is 1.19 bits per heavy atom. The Morgan fingerprint density at radius 2 is 1.62 bits per heavy atom. The van der Waals surface area contributed by atoms with Crippen molar-refractivity contribution in [2.75, 3.05) is 0 Å². The normalized spacial score (nSPS) is 12.6. The average Bonchev–Trinajstić information content (AvgIpc) is 2.21. The van der Waals surface area contributed by atoms with Crippen molar-refractivity contribution < 1.29 is 9.90 Å². The lowest BCUT2D eigenvalue weighted by Crippen LogP contribution is -2.12. The number of aliphatic carboxylic acids is 1. The van der Waals surface area contributed by atoms with E-state index in [1.807, 2.05) is 0 Å². The number of hydrogen-bond donors (Lipinski definition) is 1. The quantitative estimate of drug-likeness (QED) is 0.819. The van der Waals surface area contributed by atoms with Crippen LogP contribution >= 0.6 is 11.8 Å². The van der Waals surface area contributed by atoms with Gasteiger partial charge in [-0.2, -0.15) is 0 Å². The highest BCUT2D eigenvalue weighted by molar-refractivity contribution is 8.00. The number of carboxylic acid groups (broad SMARTS) is 1. The zero-order valence-electron chi connectivity index (χ0n) is 10.4. The van der Waals surface area contributed by atoms with E-state index in [2.05, 4.69) is 33.8 Å². The lowest BCUT2D eigenvalue weighted by Gasteiger charge is -2.16. The van der Waals surface area contributed by atoms with Gasteiger partial charge in [0, 0.05) is 4.90 Å². The molecule has 1 aromatic rings. The highest BCUT2D eigenvalue weighted by Gasteiger charge is 2.17. The molecule has 0 aromatic heterocycles. The molecule has 0 fully saturated rings. The minimum absolute atomic E-state index is 0.404. The zero-order valence-corrected chi connectivity index (χ0v) is 11.2. The van der Waals surface area contributed by atoms with Gasteiger partial charge in [-0.05, 0) is 56.9 Å². The number of carboxylic acids is 1. The van der Waals surface area contributed by atoms with Crippen molar-refractivity contribution in [1.82, 2.24) is 0 Å². The van der Waals surface area contributed by atoms with Crippen LogP contribution in [0.25, 0.3) is 0 Å². The Balaban J connectivity index is 3.17. The molecule has 1 atom stereocenters. The van der Waals surface area contributed by atoms with Crippen LogP contribution in [0.5, 0.6) is 0 Å². The van der Waals surface area contributed by atoms with Crippen LogP contribution in [0.4, 0.5) is 0 Å². The Kier molecular flexibility index (Phi) is 4.03. The Labute approximate surface area is 101 Å². The Hall–Kier alpha value is -0.960. The smallest absolute Gasteiger partial charge is 0.316 e. The van der Waals surface area contributed by atoms with Gasteiger partial charge in [-0.3, -0.25) is 4.79 Å². The molecule has 16 heavy (non-hydrogen) atoms. The monoisotopic (exact) mass is 238 g/mol. The predicted octanol–water partition coefficient (Wildman–Crippen LogP) is 3.49. The summed E-state index contributed by atoms with van der Waals surface area (Å²) in [7, 11) is 0. The summed E-state index contributed by atoms with van der Waals surface area (Å²) in [5.74, 6) is -0.761.